The number of carbonyl (C=O) groups is 2. The molecule has 1 fully saturated rings. The molecule has 0 aromatic heterocycles. The average Bonchev–Trinajstić information content (AvgIpc) is 2.77. The number of benzene rings is 1. The third-order valence-electron chi connectivity index (χ3n) is 4.99. The van der Waals surface area contributed by atoms with Gasteiger partial charge >= 0.3 is 19.2 Å². The van der Waals surface area contributed by atoms with E-state index < -0.39 is 36.0 Å². The Hall–Kier alpha value is -2.03. The van der Waals surface area contributed by atoms with Crippen molar-refractivity contribution in [3.8, 4) is 0 Å². The van der Waals surface area contributed by atoms with E-state index in [9.17, 15) is 14.7 Å². The minimum absolute atomic E-state index is 0.0366. The van der Waals surface area contributed by atoms with Crippen molar-refractivity contribution in [2.24, 2.45) is 0 Å². The highest BCUT2D eigenvalue weighted by molar-refractivity contribution is 6.56. The first-order chi connectivity index (χ1) is 13.6. The van der Waals surface area contributed by atoms with Crippen LogP contribution < -0.4 is 5.32 Å². The molecular weight excluding hydrogens is 408 g/mol. The van der Waals surface area contributed by atoms with Crippen LogP contribution in [0.25, 0.3) is 6.08 Å². The zero-order chi connectivity index (χ0) is 22.9. The van der Waals surface area contributed by atoms with Gasteiger partial charge in [0.2, 0.25) is 0 Å². The van der Waals surface area contributed by atoms with Crippen LogP contribution in [-0.4, -0.2) is 47.6 Å². The van der Waals surface area contributed by atoms with E-state index in [0.717, 1.165) is 0 Å². The van der Waals surface area contributed by atoms with Gasteiger partial charge in [0.05, 0.1) is 21.8 Å². The van der Waals surface area contributed by atoms with Crippen molar-refractivity contribution in [1.29, 1.82) is 0 Å². The molecule has 2 rings (SSSR count). The third-order valence-corrected chi connectivity index (χ3v) is 5.31. The molecule has 1 aromatic carbocycles. The number of hydrogen-bond acceptors (Lipinski definition) is 5. The van der Waals surface area contributed by atoms with Crippen LogP contribution >= 0.6 is 11.6 Å². The minimum Gasteiger partial charge on any atom is -0.478 e. The highest BCUT2D eigenvalue weighted by Crippen LogP contribution is 2.39. The Bertz CT molecular complexity index is 844. The summed E-state index contributed by atoms with van der Waals surface area (Å²) in [5.41, 5.74) is -0.985. The third kappa shape index (κ3) is 5.77. The van der Waals surface area contributed by atoms with Crippen molar-refractivity contribution >= 4 is 36.9 Å². The van der Waals surface area contributed by atoms with Gasteiger partial charge in [-0.25, -0.2) is 9.59 Å². The van der Waals surface area contributed by atoms with E-state index in [1.54, 1.807) is 39.0 Å². The van der Waals surface area contributed by atoms with Crippen molar-refractivity contribution < 1.29 is 28.7 Å². The van der Waals surface area contributed by atoms with Crippen molar-refractivity contribution in [3.63, 3.8) is 0 Å². The number of carboxylic acids is 1. The summed E-state index contributed by atoms with van der Waals surface area (Å²) in [5.74, 6) is -1.15. The number of alkyl carbamates (subject to hydrolysis) is 1. The molecule has 0 aliphatic carbocycles. The van der Waals surface area contributed by atoms with E-state index in [1.165, 1.54) is 6.07 Å². The predicted molar refractivity (Wildman–Crippen MR) is 117 cm³/mol. The van der Waals surface area contributed by atoms with Gasteiger partial charge in [0, 0.05) is 6.54 Å². The zero-order valence-corrected chi connectivity index (χ0v) is 19.2. The van der Waals surface area contributed by atoms with Crippen LogP contribution in [0, 0.1) is 0 Å². The largest absolute Gasteiger partial charge is 0.492 e. The molecule has 7 nitrogen and oxygen atoms in total. The first kappa shape index (κ1) is 24.2. The van der Waals surface area contributed by atoms with Gasteiger partial charge in [0.15, 0.2) is 0 Å². The Kier molecular flexibility index (Phi) is 6.96. The Morgan fingerprint density at radius 1 is 1.20 bits per heavy atom. The SMILES string of the molecule is CC(C)(C)OC(=O)NCC(=Cc1cccc(Cl)c1C(=O)O)B1OC(C)(C)C(C)(C)O1. The number of ether oxygens (including phenoxy) is 1. The molecule has 0 radical (unpaired) electrons. The summed E-state index contributed by atoms with van der Waals surface area (Å²) in [6.45, 7) is 13.0. The summed E-state index contributed by atoms with van der Waals surface area (Å²) in [7, 11) is -0.787. The molecular formula is C21H29BClNO6. The van der Waals surface area contributed by atoms with Gasteiger partial charge in [-0.1, -0.05) is 29.8 Å². The van der Waals surface area contributed by atoms with Crippen LogP contribution in [0.4, 0.5) is 4.79 Å². The normalized spacial score (nSPS) is 18.3. The monoisotopic (exact) mass is 437 g/mol. The van der Waals surface area contributed by atoms with Crippen molar-refractivity contribution in [1.82, 2.24) is 5.32 Å². The molecule has 9 heteroatoms. The molecule has 0 unspecified atom stereocenters. The number of amides is 1. The van der Waals surface area contributed by atoms with Gasteiger partial charge in [0.25, 0.3) is 0 Å². The maximum absolute atomic E-state index is 12.2. The topological polar surface area (TPSA) is 94.1 Å². The van der Waals surface area contributed by atoms with E-state index >= 15 is 0 Å². The first-order valence-electron chi connectivity index (χ1n) is 9.68. The van der Waals surface area contributed by atoms with E-state index in [4.69, 9.17) is 25.6 Å². The molecule has 0 saturated carbocycles. The molecule has 1 saturated heterocycles. The minimum atomic E-state index is -1.15. The zero-order valence-electron chi connectivity index (χ0n) is 18.5. The molecule has 30 heavy (non-hydrogen) atoms. The standard InChI is InChI=1S/C21H29BClNO6/c1-19(2,3)28-18(27)24-12-14(22-29-20(4,5)21(6,7)30-22)11-13-9-8-10-15(23)16(13)17(25)26/h8-11H,12H2,1-7H3,(H,24,27)(H,25,26). The highest BCUT2D eigenvalue weighted by atomic mass is 35.5. The first-order valence-corrected chi connectivity index (χ1v) is 10.1. The van der Waals surface area contributed by atoms with E-state index in [1.807, 2.05) is 27.7 Å². The maximum Gasteiger partial charge on any atom is 0.492 e. The van der Waals surface area contributed by atoms with E-state index in [2.05, 4.69) is 5.32 Å². The smallest absolute Gasteiger partial charge is 0.478 e. The number of halogens is 1. The van der Waals surface area contributed by atoms with Crippen LogP contribution in [0.5, 0.6) is 0 Å². The lowest BCUT2D eigenvalue weighted by Crippen LogP contribution is -2.41. The molecule has 1 aromatic rings. The second-order valence-corrected chi connectivity index (χ2v) is 9.58. The summed E-state index contributed by atoms with van der Waals surface area (Å²) in [6.07, 6.45) is 1.02. The Morgan fingerprint density at radius 2 is 1.77 bits per heavy atom. The summed E-state index contributed by atoms with van der Waals surface area (Å²) in [6, 6.07) is 4.80. The van der Waals surface area contributed by atoms with Gasteiger partial charge in [-0.05, 0) is 65.6 Å². The van der Waals surface area contributed by atoms with Crippen LogP contribution in [0.3, 0.4) is 0 Å². The summed E-state index contributed by atoms with van der Waals surface area (Å²) in [5, 5.41) is 12.4. The molecule has 164 valence electrons. The van der Waals surface area contributed by atoms with Crippen molar-refractivity contribution in [2.75, 3.05) is 6.54 Å². The molecule has 0 spiro atoms. The summed E-state index contributed by atoms with van der Waals surface area (Å²) < 4.78 is 17.5. The fraction of sp³-hybridized carbons (Fsp3) is 0.524. The quantitative estimate of drug-likeness (QED) is 0.655. The predicted octanol–water partition coefficient (Wildman–Crippen LogP) is 4.58. The molecule has 2 N–H and O–H groups in total. The number of carbonyl (C=O) groups excluding carboxylic acids is 1. The number of carboxylic acid groups (broad SMARTS) is 1. The van der Waals surface area contributed by atoms with E-state index in [-0.39, 0.29) is 17.1 Å². The van der Waals surface area contributed by atoms with Gasteiger partial charge in [-0.3, -0.25) is 0 Å². The Morgan fingerprint density at radius 3 is 2.27 bits per heavy atom. The fourth-order valence-electron chi connectivity index (χ4n) is 2.77. The van der Waals surface area contributed by atoms with Gasteiger partial charge in [-0.15, -0.1) is 0 Å². The van der Waals surface area contributed by atoms with Gasteiger partial charge in [-0.2, -0.15) is 0 Å². The maximum atomic E-state index is 12.2. The molecule has 1 amide bonds. The second-order valence-electron chi connectivity index (χ2n) is 9.17. The van der Waals surface area contributed by atoms with Crippen molar-refractivity contribution in [3.05, 3.63) is 39.8 Å². The van der Waals surface area contributed by atoms with Crippen LogP contribution in [0.2, 0.25) is 5.02 Å². The summed E-state index contributed by atoms with van der Waals surface area (Å²) >= 11 is 6.10. The Balaban J connectivity index is 2.40. The fourth-order valence-corrected chi connectivity index (χ4v) is 3.03. The second kappa shape index (κ2) is 8.61. The molecule has 0 atom stereocenters. The molecule has 0 bridgehead atoms. The highest BCUT2D eigenvalue weighted by Gasteiger charge is 2.52. The summed E-state index contributed by atoms with van der Waals surface area (Å²) in [4.78, 5) is 23.9. The van der Waals surface area contributed by atoms with Crippen LogP contribution in [0.1, 0.15) is 64.4 Å². The van der Waals surface area contributed by atoms with Gasteiger partial charge in [0.1, 0.15) is 5.60 Å². The number of rotatable bonds is 5. The number of nitrogens with one attached hydrogen (secondary N) is 1. The van der Waals surface area contributed by atoms with Crippen LogP contribution in [0.15, 0.2) is 23.7 Å². The van der Waals surface area contributed by atoms with E-state index in [0.29, 0.717) is 11.0 Å². The lowest BCUT2D eigenvalue weighted by molar-refractivity contribution is 0.00578. The lowest BCUT2D eigenvalue weighted by atomic mass is 9.76. The van der Waals surface area contributed by atoms with Gasteiger partial charge < -0.3 is 24.5 Å². The van der Waals surface area contributed by atoms with Crippen LogP contribution in [-0.2, 0) is 14.0 Å². The molecule has 1 aliphatic rings. The molecule has 1 aliphatic heterocycles. The average molecular weight is 438 g/mol. The number of aromatic carboxylic acids is 1. The molecule has 1 heterocycles. The Labute approximate surface area is 182 Å². The lowest BCUT2D eigenvalue weighted by Gasteiger charge is -2.32. The van der Waals surface area contributed by atoms with Crippen molar-refractivity contribution in [2.45, 2.75) is 65.3 Å². The number of hydrogen-bond donors (Lipinski definition) is 2.